The second kappa shape index (κ2) is 3.74. The van der Waals surface area contributed by atoms with E-state index in [4.69, 9.17) is 16.7 Å². The van der Waals surface area contributed by atoms with Gasteiger partial charge < -0.3 is 10.0 Å². The Kier molecular flexibility index (Phi) is 2.57. The van der Waals surface area contributed by atoms with E-state index in [-0.39, 0.29) is 5.56 Å². The number of hydrogen-bond donors (Lipinski definition) is 1. The van der Waals surface area contributed by atoms with E-state index in [1.165, 1.54) is 6.07 Å². The molecule has 0 aliphatic carbocycles. The summed E-state index contributed by atoms with van der Waals surface area (Å²) in [7, 11) is 0. The van der Waals surface area contributed by atoms with Gasteiger partial charge in [0, 0.05) is 23.8 Å². The lowest BCUT2D eigenvalue weighted by molar-refractivity contribution is 0.0697. The molecule has 15 heavy (non-hydrogen) atoms. The van der Waals surface area contributed by atoms with Crippen LogP contribution >= 0.6 is 11.6 Å². The number of halogens is 1. The highest BCUT2D eigenvalue weighted by Crippen LogP contribution is 2.28. The molecule has 1 N–H and O–H groups in total. The van der Waals surface area contributed by atoms with Crippen molar-refractivity contribution >= 4 is 23.3 Å². The molecule has 2 rings (SSSR count). The zero-order valence-electron chi connectivity index (χ0n) is 8.40. The Labute approximate surface area is 93.3 Å². The largest absolute Gasteiger partial charge is 0.478 e. The van der Waals surface area contributed by atoms with Crippen LogP contribution in [0, 0.1) is 5.92 Å². The highest BCUT2D eigenvalue weighted by atomic mass is 35.5. The van der Waals surface area contributed by atoms with E-state index < -0.39 is 5.97 Å². The molecule has 0 bridgehead atoms. The van der Waals surface area contributed by atoms with E-state index in [1.807, 2.05) is 0 Å². The van der Waals surface area contributed by atoms with E-state index >= 15 is 0 Å². The summed E-state index contributed by atoms with van der Waals surface area (Å²) in [5.74, 6) is -0.260. The maximum Gasteiger partial charge on any atom is 0.335 e. The molecule has 1 saturated heterocycles. The van der Waals surface area contributed by atoms with Crippen molar-refractivity contribution in [2.45, 2.75) is 6.92 Å². The van der Waals surface area contributed by atoms with Gasteiger partial charge in [0.2, 0.25) is 0 Å². The average molecular weight is 226 g/mol. The first-order valence-electron chi connectivity index (χ1n) is 4.85. The molecular formula is C11H12ClNO2. The Morgan fingerprint density at radius 3 is 2.67 bits per heavy atom. The van der Waals surface area contributed by atoms with Crippen LogP contribution in [0.2, 0.25) is 5.02 Å². The summed E-state index contributed by atoms with van der Waals surface area (Å²) in [6.07, 6.45) is 0. The number of carboxylic acid groups (broad SMARTS) is 1. The van der Waals surface area contributed by atoms with E-state index in [0.717, 1.165) is 18.8 Å². The predicted molar refractivity (Wildman–Crippen MR) is 59.8 cm³/mol. The fraction of sp³-hybridized carbons (Fsp3) is 0.364. The van der Waals surface area contributed by atoms with Gasteiger partial charge in [-0.15, -0.1) is 0 Å². The van der Waals surface area contributed by atoms with Crippen LogP contribution in [0.15, 0.2) is 18.2 Å². The van der Waals surface area contributed by atoms with Crippen molar-refractivity contribution in [1.29, 1.82) is 0 Å². The first-order valence-corrected chi connectivity index (χ1v) is 5.23. The minimum Gasteiger partial charge on any atom is -0.478 e. The van der Waals surface area contributed by atoms with Gasteiger partial charge in [-0.05, 0) is 24.1 Å². The molecule has 0 amide bonds. The fourth-order valence-corrected chi connectivity index (χ4v) is 2.02. The van der Waals surface area contributed by atoms with Gasteiger partial charge in [-0.25, -0.2) is 4.79 Å². The van der Waals surface area contributed by atoms with Crippen LogP contribution in [0.25, 0.3) is 0 Å². The van der Waals surface area contributed by atoms with Gasteiger partial charge in [0.1, 0.15) is 0 Å². The molecule has 0 radical (unpaired) electrons. The molecule has 80 valence electrons. The Bertz CT molecular complexity index is 400. The molecule has 0 aromatic heterocycles. The molecule has 1 aromatic carbocycles. The molecule has 0 atom stereocenters. The van der Waals surface area contributed by atoms with Gasteiger partial charge in [0.05, 0.1) is 5.56 Å². The fourth-order valence-electron chi connectivity index (χ4n) is 1.79. The van der Waals surface area contributed by atoms with Crippen molar-refractivity contribution in [3.63, 3.8) is 0 Å². The lowest BCUT2D eigenvalue weighted by Gasteiger charge is -2.39. The summed E-state index contributed by atoms with van der Waals surface area (Å²) >= 11 is 5.87. The topological polar surface area (TPSA) is 40.5 Å². The predicted octanol–water partition coefficient (Wildman–Crippen LogP) is 2.49. The zero-order chi connectivity index (χ0) is 11.0. The van der Waals surface area contributed by atoms with Crippen LogP contribution in [-0.4, -0.2) is 24.2 Å². The van der Waals surface area contributed by atoms with Crippen LogP contribution in [0.4, 0.5) is 5.69 Å². The van der Waals surface area contributed by atoms with Crippen LogP contribution in [0.5, 0.6) is 0 Å². The first kappa shape index (κ1) is 10.3. The average Bonchev–Trinajstić information content (AvgIpc) is 2.12. The van der Waals surface area contributed by atoms with Gasteiger partial charge in [0.15, 0.2) is 0 Å². The number of rotatable bonds is 2. The summed E-state index contributed by atoms with van der Waals surface area (Å²) in [6, 6.07) is 4.94. The summed E-state index contributed by atoms with van der Waals surface area (Å²) in [5, 5.41) is 9.36. The van der Waals surface area contributed by atoms with Crippen molar-refractivity contribution in [3.05, 3.63) is 28.8 Å². The Morgan fingerprint density at radius 2 is 2.13 bits per heavy atom. The third-order valence-corrected chi connectivity index (χ3v) is 2.78. The first-order chi connectivity index (χ1) is 7.06. The van der Waals surface area contributed by atoms with E-state index in [2.05, 4.69) is 11.8 Å². The van der Waals surface area contributed by atoms with E-state index in [1.54, 1.807) is 12.1 Å². The molecule has 1 aromatic rings. The lowest BCUT2D eigenvalue weighted by atomic mass is 10.0. The maximum absolute atomic E-state index is 10.8. The van der Waals surface area contributed by atoms with E-state index in [0.29, 0.717) is 10.9 Å². The normalized spacial score (nSPS) is 16.3. The molecule has 4 heteroatoms. The number of benzene rings is 1. The summed E-state index contributed by atoms with van der Waals surface area (Å²) < 4.78 is 0. The quantitative estimate of drug-likeness (QED) is 0.841. The monoisotopic (exact) mass is 225 g/mol. The third kappa shape index (κ3) is 2.07. The Balaban J connectivity index is 2.28. The molecule has 1 aliphatic heterocycles. The molecule has 1 fully saturated rings. The molecule has 1 aliphatic rings. The SMILES string of the molecule is CC1CN(c2cc(Cl)cc(C(=O)O)c2)C1. The number of carbonyl (C=O) groups is 1. The lowest BCUT2D eigenvalue weighted by Crippen LogP contribution is -2.45. The van der Waals surface area contributed by atoms with Crippen molar-refractivity contribution < 1.29 is 9.90 Å². The van der Waals surface area contributed by atoms with Crippen molar-refractivity contribution in [1.82, 2.24) is 0 Å². The summed E-state index contributed by atoms with van der Waals surface area (Å²) in [6.45, 7) is 4.11. The van der Waals surface area contributed by atoms with Crippen LogP contribution in [0.3, 0.4) is 0 Å². The molecule has 0 spiro atoms. The van der Waals surface area contributed by atoms with Gasteiger partial charge in [-0.2, -0.15) is 0 Å². The Morgan fingerprint density at radius 1 is 1.47 bits per heavy atom. The molecule has 3 nitrogen and oxygen atoms in total. The minimum atomic E-state index is -0.938. The van der Waals surface area contributed by atoms with Gasteiger partial charge in [0.25, 0.3) is 0 Å². The van der Waals surface area contributed by atoms with Gasteiger partial charge >= 0.3 is 5.97 Å². The molecule has 0 unspecified atom stereocenters. The number of anilines is 1. The van der Waals surface area contributed by atoms with Gasteiger partial charge in [-0.1, -0.05) is 18.5 Å². The maximum atomic E-state index is 10.8. The second-order valence-electron chi connectivity index (χ2n) is 4.01. The summed E-state index contributed by atoms with van der Waals surface area (Å²) in [5.41, 5.74) is 1.15. The smallest absolute Gasteiger partial charge is 0.335 e. The van der Waals surface area contributed by atoms with Crippen LogP contribution in [-0.2, 0) is 0 Å². The zero-order valence-corrected chi connectivity index (χ0v) is 9.16. The van der Waals surface area contributed by atoms with Crippen LogP contribution in [0.1, 0.15) is 17.3 Å². The number of nitrogens with zero attached hydrogens (tertiary/aromatic N) is 1. The second-order valence-corrected chi connectivity index (χ2v) is 4.45. The number of hydrogen-bond acceptors (Lipinski definition) is 2. The number of aromatic carboxylic acids is 1. The molecular weight excluding hydrogens is 214 g/mol. The molecule has 1 heterocycles. The number of carboxylic acids is 1. The van der Waals surface area contributed by atoms with E-state index in [9.17, 15) is 4.79 Å². The van der Waals surface area contributed by atoms with Crippen molar-refractivity contribution in [2.75, 3.05) is 18.0 Å². The van der Waals surface area contributed by atoms with Crippen LogP contribution < -0.4 is 4.90 Å². The van der Waals surface area contributed by atoms with Crippen molar-refractivity contribution in [2.24, 2.45) is 5.92 Å². The third-order valence-electron chi connectivity index (χ3n) is 2.56. The standard InChI is InChI=1S/C11H12ClNO2/c1-7-5-13(6-7)10-3-8(11(14)15)2-9(12)4-10/h2-4,7H,5-6H2,1H3,(H,14,15). The summed E-state index contributed by atoms with van der Waals surface area (Å²) in [4.78, 5) is 12.9. The minimum absolute atomic E-state index is 0.247. The van der Waals surface area contributed by atoms with Gasteiger partial charge in [-0.3, -0.25) is 0 Å². The highest BCUT2D eigenvalue weighted by Gasteiger charge is 2.23. The van der Waals surface area contributed by atoms with Crippen molar-refractivity contribution in [3.8, 4) is 0 Å². The highest BCUT2D eigenvalue weighted by molar-refractivity contribution is 6.31. The Hall–Kier alpha value is -1.22. The molecule has 0 saturated carbocycles.